The summed E-state index contributed by atoms with van der Waals surface area (Å²) in [6.07, 6.45) is 1.48. The van der Waals surface area contributed by atoms with Crippen molar-refractivity contribution in [3.05, 3.63) is 59.2 Å². The van der Waals surface area contributed by atoms with Crippen molar-refractivity contribution in [3.63, 3.8) is 0 Å². The number of aryl methyl sites for hydroxylation is 1. The molecule has 3 aromatic rings. The average Bonchev–Trinajstić information content (AvgIpc) is 3.24. The SMILES string of the molecule is COc1ccc(CN(Sc2cc(C#N)c(F)cc2C)c2ncns2)c(OC)c1. The van der Waals surface area contributed by atoms with Crippen LogP contribution in [0.5, 0.6) is 11.5 Å². The quantitative estimate of drug-likeness (QED) is 0.522. The van der Waals surface area contributed by atoms with Crippen LogP contribution in [0.1, 0.15) is 16.7 Å². The number of nitriles is 1. The summed E-state index contributed by atoms with van der Waals surface area (Å²) in [5.41, 5.74) is 1.66. The molecule has 0 aliphatic heterocycles. The van der Waals surface area contributed by atoms with Crippen molar-refractivity contribution in [1.29, 1.82) is 5.26 Å². The number of anilines is 1. The van der Waals surface area contributed by atoms with Crippen molar-refractivity contribution >= 4 is 28.6 Å². The molecule has 0 atom stereocenters. The number of methoxy groups -OCH3 is 2. The molecular formula is C19H17FN4O2S2. The lowest BCUT2D eigenvalue weighted by Gasteiger charge is -2.22. The predicted molar refractivity (Wildman–Crippen MR) is 107 cm³/mol. The zero-order valence-electron chi connectivity index (χ0n) is 15.5. The van der Waals surface area contributed by atoms with E-state index in [1.165, 1.54) is 35.9 Å². The van der Waals surface area contributed by atoms with Crippen LogP contribution in [0.2, 0.25) is 0 Å². The third-order valence-corrected chi connectivity index (χ3v) is 5.93. The molecule has 0 aliphatic carbocycles. The first kappa shape index (κ1) is 19.9. The number of ether oxygens (including phenoxy) is 2. The van der Waals surface area contributed by atoms with Gasteiger partial charge in [0.15, 0.2) is 0 Å². The fourth-order valence-corrected chi connectivity index (χ4v) is 4.10. The number of hydrogen-bond donors (Lipinski definition) is 0. The van der Waals surface area contributed by atoms with E-state index < -0.39 is 5.82 Å². The highest BCUT2D eigenvalue weighted by molar-refractivity contribution is 8.00. The Morgan fingerprint density at radius 1 is 1.25 bits per heavy atom. The molecular weight excluding hydrogens is 399 g/mol. The first-order valence-electron chi connectivity index (χ1n) is 8.19. The highest BCUT2D eigenvalue weighted by Gasteiger charge is 2.18. The first-order chi connectivity index (χ1) is 13.5. The van der Waals surface area contributed by atoms with Gasteiger partial charge in [-0.1, -0.05) is 0 Å². The van der Waals surface area contributed by atoms with Gasteiger partial charge in [-0.05, 0) is 48.7 Å². The maximum absolute atomic E-state index is 13.9. The monoisotopic (exact) mass is 416 g/mol. The molecule has 9 heteroatoms. The Balaban J connectivity index is 1.95. The van der Waals surface area contributed by atoms with E-state index in [4.69, 9.17) is 14.7 Å². The van der Waals surface area contributed by atoms with Crippen molar-refractivity contribution in [2.24, 2.45) is 0 Å². The summed E-state index contributed by atoms with van der Waals surface area (Å²) < 4.78 is 30.6. The minimum Gasteiger partial charge on any atom is -0.497 e. The smallest absolute Gasteiger partial charge is 0.215 e. The minimum atomic E-state index is -0.524. The van der Waals surface area contributed by atoms with E-state index in [1.807, 2.05) is 28.6 Å². The molecule has 0 amide bonds. The summed E-state index contributed by atoms with van der Waals surface area (Å²) in [5.74, 6) is 0.857. The van der Waals surface area contributed by atoms with Crippen LogP contribution in [0.3, 0.4) is 0 Å². The Morgan fingerprint density at radius 2 is 2.07 bits per heavy atom. The van der Waals surface area contributed by atoms with Gasteiger partial charge < -0.3 is 9.47 Å². The predicted octanol–water partition coefficient (Wildman–Crippen LogP) is 4.59. The Morgan fingerprint density at radius 3 is 2.71 bits per heavy atom. The highest BCUT2D eigenvalue weighted by atomic mass is 32.2. The molecule has 0 saturated heterocycles. The van der Waals surface area contributed by atoms with E-state index in [0.29, 0.717) is 23.2 Å². The largest absolute Gasteiger partial charge is 0.497 e. The normalized spacial score (nSPS) is 10.4. The van der Waals surface area contributed by atoms with Gasteiger partial charge in [0.05, 0.1) is 26.3 Å². The van der Waals surface area contributed by atoms with Crippen molar-refractivity contribution in [1.82, 2.24) is 9.36 Å². The number of rotatable bonds is 7. The molecule has 1 heterocycles. The van der Waals surface area contributed by atoms with Crippen LogP contribution in [0.25, 0.3) is 0 Å². The number of nitrogens with zero attached hydrogens (tertiary/aromatic N) is 4. The average molecular weight is 417 g/mol. The van der Waals surface area contributed by atoms with Gasteiger partial charge >= 0.3 is 0 Å². The fourth-order valence-electron chi connectivity index (χ4n) is 2.51. The van der Waals surface area contributed by atoms with Crippen LogP contribution in [-0.4, -0.2) is 23.6 Å². The second kappa shape index (κ2) is 8.91. The maximum atomic E-state index is 13.9. The first-order valence-corrected chi connectivity index (χ1v) is 9.73. The van der Waals surface area contributed by atoms with Crippen LogP contribution in [0.4, 0.5) is 9.52 Å². The molecule has 1 aromatic heterocycles. The second-order valence-electron chi connectivity index (χ2n) is 5.74. The van der Waals surface area contributed by atoms with Gasteiger partial charge in [0.25, 0.3) is 0 Å². The maximum Gasteiger partial charge on any atom is 0.215 e. The Bertz CT molecular complexity index is 1010. The van der Waals surface area contributed by atoms with Crippen molar-refractivity contribution in [3.8, 4) is 17.6 Å². The zero-order valence-corrected chi connectivity index (χ0v) is 17.1. The summed E-state index contributed by atoms with van der Waals surface area (Å²) in [5, 5.41) is 9.83. The summed E-state index contributed by atoms with van der Waals surface area (Å²) in [7, 11) is 3.20. The van der Waals surface area contributed by atoms with E-state index in [2.05, 4.69) is 9.36 Å². The molecule has 0 aliphatic rings. The van der Waals surface area contributed by atoms with E-state index in [1.54, 1.807) is 27.2 Å². The van der Waals surface area contributed by atoms with E-state index >= 15 is 0 Å². The Kier molecular flexibility index (Phi) is 6.34. The highest BCUT2D eigenvalue weighted by Crippen LogP contribution is 2.36. The molecule has 0 spiro atoms. The molecule has 6 nitrogen and oxygen atoms in total. The Labute approximate surface area is 170 Å². The number of hydrogen-bond acceptors (Lipinski definition) is 8. The van der Waals surface area contributed by atoms with Gasteiger partial charge in [-0.2, -0.15) is 9.64 Å². The molecule has 0 bridgehead atoms. The standard InChI is InChI=1S/C19H17FN4O2S2/c1-12-6-16(20)14(9-21)7-18(12)28-24(19-22-11-23-27-19)10-13-4-5-15(25-2)8-17(13)26-3/h4-8,11H,10H2,1-3H3. The fraction of sp³-hybridized carbons (Fsp3) is 0.211. The van der Waals surface area contributed by atoms with E-state index in [-0.39, 0.29) is 5.56 Å². The summed E-state index contributed by atoms with van der Waals surface area (Å²) in [6, 6.07) is 10.4. The van der Waals surface area contributed by atoms with Gasteiger partial charge in [0.1, 0.15) is 29.7 Å². The zero-order chi connectivity index (χ0) is 20.1. The molecule has 144 valence electrons. The Hall–Kier alpha value is -2.83. The second-order valence-corrected chi connectivity index (χ2v) is 7.56. The van der Waals surface area contributed by atoms with Crippen LogP contribution < -0.4 is 13.8 Å². The van der Waals surface area contributed by atoms with Gasteiger partial charge in [0.2, 0.25) is 5.13 Å². The van der Waals surface area contributed by atoms with Gasteiger partial charge in [-0.3, -0.25) is 4.31 Å². The molecule has 3 rings (SSSR count). The van der Waals surface area contributed by atoms with Crippen molar-refractivity contribution < 1.29 is 13.9 Å². The molecule has 0 radical (unpaired) electrons. The van der Waals surface area contributed by atoms with Crippen molar-refractivity contribution in [2.45, 2.75) is 18.4 Å². The van der Waals surface area contributed by atoms with Gasteiger partial charge in [-0.15, -0.1) is 0 Å². The third kappa shape index (κ3) is 4.35. The van der Waals surface area contributed by atoms with Gasteiger partial charge in [-0.25, -0.2) is 9.37 Å². The molecule has 0 N–H and O–H groups in total. The molecule has 2 aromatic carbocycles. The number of aromatic nitrogens is 2. The van der Waals surface area contributed by atoms with Crippen LogP contribution in [-0.2, 0) is 6.54 Å². The van der Waals surface area contributed by atoms with Crippen LogP contribution in [0.15, 0.2) is 41.6 Å². The topological polar surface area (TPSA) is 71.3 Å². The lowest BCUT2D eigenvalue weighted by Crippen LogP contribution is -2.15. The third-order valence-electron chi connectivity index (χ3n) is 3.96. The van der Waals surface area contributed by atoms with Crippen LogP contribution in [0, 0.1) is 24.1 Å². The summed E-state index contributed by atoms with van der Waals surface area (Å²) in [4.78, 5) is 5.06. The summed E-state index contributed by atoms with van der Waals surface area (Å²) in [6.45, 7) is 2.27. The number of benzene rings is 2. The lowest BCUT2D eigenvalue weighted by atomic mass is 10.1. The lowest BCUT2D eigenvalue weighted by molar-refractivity contribution is 0.391. The van der Waals surface area contributed by atoms with E-state index in [0.717, 1.165) is 16.0 Å². The van der Waals surface area contributed by atoms with E-state index in [9.17, 15) is 4.39 Å². The van der Waals surface area contributed by atoms with Gasteiger partial charge in [0, 0.05) is 28.1 Å². The molecule has 0 unspecified atom stereocenters. The minimum absolute atomic E-state index is 0.00680. The van der Waals surface area contributed by atoms with Crippen LogP contribution >= 0.6 is 23.5 Å². The molecule has 0 fully saturated rings. The van der Waals surface area contributed by atoms with Crippen molar-refractivity contribution in [2.75, 3.05) is 18.5 Å². The molecule has 28 heavy (non-hydrogen) atoms. The molecule has 0 saturated carbocycles. The summed E-state index contributed by atoms with van der Waals surface area (Å²) >= 11 is 2.62. The number of halogens is 1.